The van der Waals surface area contributed by atoms with Crippen LogP contribution >= 0.6 is 0 Å². The van der Waals surface area contributed by atoms with Gasteiger partial charge in [0, 0.05) is 24.2 Å². The number of allylic oxidation sites excluding steroid dienone is 4. The fourth-order valence-electron chi connectivity index (χ4n) is 6.35. The average Bonchev–Trinajstić information content (AvgIpc) is 2.95. The number of rotatable bonds is 2. The third kappa shape index (κ3) is 2.13. The summed E-state index contributed by atoms with van der Waals surface area (Å²) in [5.74, 6) is 0.466. The van der Waals surface area contributed by atoms with Crippen LogP contribution in [0.1, 0.15) is 46.0 Å². The monoisotopic (exact) mass is 342 g/mol. The number of ketones is 3. The number of Topliss-reactive ketones (excluding diaryl/α,β-unsaturated/α-hetero) is 2. The van der Waals surface area contributed by atoms with Gasteiger partial charge in [-0.05, 0) is 54.1 Å². The van der Waals surface area contributed by atoms with E-state index in [-0.39, 0.29) is 46.4 Å². The Morgan fingerprint density at radius 3 is 2.72 bits per heavy atom. The van der Waals surface area contributed by atoms with Gasteiger partial charge in [0.05, 0.1) is 0 Å². The molecule has 0 saturated heterocycles. The predicted molar refractivity (Wildman–Crippen MR) is 92.6 cm³/mol. The van der Waals surface area contributed by atoms with Gasteiger partial charge >= 0.3 is 0 Å². The molecule has 25 heavy (non-hydrogen) atoms. The number of carbonyl (C=O) groups is 3. The number of fused-ring (bicyclic) bond motifs is 5. The van der Waals surface area contributed by atoms with E-state index >= 15 is 0 Å². The van der Waals surface area contributed by atoms with E-state index < -0.39 is 12.0 Å². The lowest BCUT2D eigenvalue weighted by molar-refractivity contribution is -0.149. The van der Waals surface area contributed by atoms with Crippen molar-refractivity contribution in [1.82, 2.24) is 0 Å². The maximum Gasteiger partial charge on any atom is 0.162 e. The highest BCUT2D eigenvalue weighted by Crippen LogP contribution is 2.63. The van der Waals surface area contributed by atoms with E-state index in [9.17, 15) is 19.5 Å². The number of carbonyl (C=O) groups excluding carboxylic acids is 3. The Bertz CT molecular complexity index is 717. The maximum atomic E-state index is 13.2. The van der Waals surface area contributed by atoms with Crippen molar-refractivity contribution in [3.05, 3.63) is 23.8 Å². The molecule has 0 unspecified atom stereocenters. The molecule has 0 bridgehead atoms. The number of aliphatic hydroxyl groups excluding tert-OH is 1. The van der Waals surface area contributed by atoms with Crippen molar-refractivity contribution in [3.8, 4) is 0 Å². The fourth-order valence-corrected chi connectivity index (χ4v) is 6.35. The van der Waals surface area contributed by atoms with Crippen LogP contribution in [0.25, 0.3) is 0 Å². The van der Waals surface area contributed by atoms with Crippen molar-refractivity contribution in [2.45, 2.75) is 46.0 Å². The summed E-state index contributed by atoms with van der Waals surface area (Å²) in [6, 6.07) is 0. The van der Waals surface area contributed by atoms with Crippen LogP contribution < -0.4 is 0 Å². The highest BCUT2D eigenvalue weighted by Gasteiger charge is 2.62. The lowest BCUT2D eigenvalue weighted by Crippen LogP contribution is -2.54. The highest BCUT2D eigenvalue weighted by atomic mass is 16.3. The summed E-state index contributed by atoms with van der Waals surface area (Å²) in [6.45, 7) is 3.68. The van der Waals surface area contributed by atoms with Crippen LogP contribution in [0, 0.1) is 34.5 Å². The first-order valence-corrected chi connectivity index (χ1v) is 9.42. The Hall–Kier alpha value is -1.55. The van der Waals surface area contributed by atoms with E-state index in [2.05, 4.69) is 19.1 Å². The van der Waals surface area contributed by atoms with Gasteiger partial charge < -0.3 is 5.11 Å². The summed E-state index contributed by atoms with van der Waals surface area (Å²) < 4.78 is 0. The zero-order valence-corrected chi connectivity index (χ0v) is 15.0. The van der Waals surface area contributed by atoms with E-state index in [1.165, 1.54) is 0 Å². The van der Waals surface area contributed by atoms with Crippen LogP contribution in [0.5, 0.6) is 0 Å². The molecule has 6 atom stereocenters. The number of aliphatic hydroxyl groups is 1. The SMILES string of the molecule is C[C@]12C(=O)C[C@H]3[C@@H](C=CC4=CC(=O)CC[C@@]43C)[C@@H]1CC[C@H]2C(=O)CO. The highest BCUT2D eigenvalue weighted by molar-refractivity contribution is 5.95. The normalized spacial score (nSPS) is 45.5. The van der Waals surface area contributed by atoms with Crippen molar-refractivity contribution < 1.29 is 19.5 Å². The zero-order valence-electron chi connectivity index (χ0n) is 15.0. The van der Waals surface area contributed by atoms with Gasteiger partial charge in [0.1, 0.15) is 12.4 Å². The molecular weight excluding hydrogens is 316 g/mol. The molecule has 2 fully saturated rings. The van der Waals surface area contributed by atoms with E-state index in [0.717, 1.165) is 18.4 Å². The molecule has 4 aliphatic rings. The van der Waals surface area contributed by atoms with E-state index in [0.29, 0.717) is 19.3 Å². The largest absolute Gasteiger partial charge is 0.389 e. The van der Waals surface area contributed by atoms with Gasteiger partial charge in [0.15, 0.2) is 11.6 Å². The molecule has 2 saturated carbocycles. The average molecular weight is 342 g/mol. The Balaban J connectivity index is 1.76. The molecule has 4 aliphatic carbocycles. The molecule has 1 N–H and O–H groups in total. The molecule has 0 spiro atoms. The standard InChI is InChI=1S/C21H26O4/c1-20-8-7-13(23)9-12(20)3-4-14-15-5-6-16(18(24)11-22)21(15,2)19(25)10-17(14)20/h3-4,9,14-17,22H,5-8,10-11H2,1-2H3/t14-,15-,16-,17-,20-,21-/m0/s1. The maximum absolute atomic E-state index is 13.2. The smallest absolute Gasteiger partial charge is 0.162 e. The second-order valence-corrected chi connectivity index (χ2v) is 8.80. The van der Waals surface area contributed by atoms with E-state index in [4.69, 9.17) is 0 Å². The van der Waals surface area contributed by atoms with Gasteiger partial charge in [-0.2, -0.15) is 0 Å². The van der Waals surface area contributed by atoms with Crippen LogP contribution in [0.15, 0.2) is 23.8 Å². The molecule has 0 aliphatic heterocycles. The lowest BCUT2D eigenvalue weighted by Gasteiger charge is -2.54. The third-order valence-corrected chi connectivity index (χ3v) is 7.92. The molecule has 0 aromatic carbocycles. The van der Waals surface area contributed by atoms with Crippen LogP contribution in [-0.2, 0) is 14.4 Å². The van der Waals surface area contributed by atoms with Crippen LogP contribution in [0.2, 0.25) is 0 Å². The fraction of sp³-hybridized carbons (Fsp3) is 0.667. The van der Waals surface area contributed by atoms with E-state index in [1.54, 1.807) is 6.08 Å². The molecule has 0 radical (unpaired) electrons. The van der Waals surface area contributed by atoms with Gasteiger partial charge in [-0.1, -0.05) is 26.0 Å². The van der Waals surface area contributed by atoms with Crippen molar-refractivity contribution in [2.24, 2.45) is 34.5 Å². The summed E-state index contributed by atoms with van der Waals surface area (Å²) in [4.78, 5) is 37.3. The Morgan fingerprint density at radius 2 is 2.00 bits per heavy atom. The zero-order chi connectivity index (χ0) is 18.0. The van der Waals surface area contributed by atoms with Crippen LogP contribution in [-0.4, -0.2) is 29.1 Å². The molecule has 4 nitrogen and oxygen atoms in total. The van der Waals surface area contributed by atoms with Crippen molar-refractivity contribution in [2.75, 3.05) is 6.61 Å². The summed E-state index contributed by atoms with van der Waals surface area (Å²) in [6.07, 6.45) is 9.44. The Kier molecular flexibility index (Phi) is 3.70. The third-order valence-electron chi connectivity index (χ3n) is 7.92. The van der Waals surface area contributed by atoms with E-state index in [1.807, 2.05) is 6.92 Å². The van der Waals surface area contributed by atoms with Gasteiger partial charge in [-0.15, -0.1) is 0 Å². The first-order chi connectivity index (χ1) is 11.8. The molecule has 0 aromatic heterocycles. The number of hydrogen-bond acceptors (Lipinski definition) is 4. The molecular formula is C21H26O4. The van der Waals surface area contributed by atoms with Gasteiger partial charge in [0.25, 0.3) is 0 Å². The minimum atomic E-state index is -0.645. The van der Waals surface area contributed by atoms with Gasteiger partial charge in [-0.3, -0.25) is 14.4 Å². The number of hydrogen-bond donors (Lipinski definition) is 1. The van der Waals surface area contributed by atoms with Crippen molar-refractivity contribution in [3.63, 3.8) is 0 Å². The topological polar surface area (TPSA) is 71.4 Å². The van der Waals surface area contributed by atoms with Crippen LogP contribution in [0.3, 0.4) is 0 Å². The minimum absolute atomic E-state index is 0.122. The molecule has 4 heteroatoms. The molecule has 134 valence electrons. The molecule has 0 heterocycles. The van der Waals surface area contributed by atoms with Gasteiger partial charge in [0.2, 0.25) is 0 Å². The molecule has 4 rings (SSSR count). The molecule has 0 aromatic rings. The minimum Gasteiger partial charge on any atom is -0.389 e. The van der Waals surface area contributed by atoms with Gasteiger partial charge in [-0.25, -0.2) is 0 Å². The second-order valence-electron chi connectivity index (χ2n) is 8.80. The lowest BCUT2D eigenvalue weighted by atomic mass is 9.48. The summed E-state index contributed by atoms with van der Waals surface area (Å²) in [5, 5.41) is 9.32. The molecule has 0 amide bonds. The Morgan fingerprint density at radius 1 is 1.24 bits per heavy atom. The Labute approximate surface area is 148 Å². The summed E-state index contributed by atoms with van der Waals surface area (Å²) in [5.41, 5.74) is 0.305. The second kappa shape index (κ2) is 5.47. The first-order valence-electron chi connectivity index (χ1n) is 9.42. The van der Waals surface area contributed by atoms with Crippen molar-refractivity contribution >= 4 is 17.3 Å². The summed E-state index contributed by atoms with van der Waals surface area (Å²) >= 11 is 0. The van der Waals surface area contributed by atoms with Crippen LogP contribution in [0.4, 0.5) is 0 Å². The van der Waals surface area contributed by atoms with Crippen molar-refractivity contribution in [1.29, 1.82) is 0 Å². The quantitative estimate of drug-likeness (QED) is 0.837. The predicted octanol–water partition coefficient (Wildman–Crippen LogP) is 2.65. The summed E-state index contributed by atoms with van der Waals surface area (Å²) in [7, 11) is 0. The first kappa shape index (κ1) is 16.9.